The van der Waals surface area contributed by atoms with Crippen LogP contribution < -0.4 is 4.90 Å². The topological polar surface area (TPSA) is 3.24 Å². The van der Waals surface area contributed by atoms with E-state index in [2.05, 4.69) is 56.9 Å². The molecular weight excluding hydrogens is 206 g/mol. The zero-order valence-corrected chi connectivity index (χ0v) is 11.6. The van der Waals surface area contributed by atoms with Crippen molar-refractivity contribution in [3.63, 3.8) is 0 Å². The predicted molar refractivity (Wildman–Crippen MR) is 75.7 cm³/mol. The molecule has 0 saturated carbocycles. The van der Waals surface area contributed by atoms with E-state index < -0.39 is 0 Å². The molecule has 0 aromatic heterocycles. The molecule has 1 unspecified atom stereocenters. The Balaban J connectivity index is 2.11. The number of hydrogen-bond donors (Lipinski definition) is 0. The van der Waals surface area contributed by atoms with Crippen LogP contribution >= 0.6 is 0 Å². The fraction of sp³-hybridized carbons (Fsp3) is 0.625. The van der Waals surface area contributed by atoms with Crippen molar-refractivity contribution in [2.75, 3.05) is 18.0 Å². The molecule has 1 heterocycles. The maximum absolute atomic E-state index is 2.55. The second-order valence-electron chi connectivity index (χ2n) is 5.99. The molecule has 1 fully saturated rings. The third kappa shape index (κ3) is 2.83. The van der Waals surface area contributed by atoms with Crippen LogP contribution in [0.15, 0.2) is 24.3 Å². The van der Waals surface area contributed by atoms with Gasteiger partial charge in [0, 0.05) is 18.8 Å². The van der Waals surface area contributed by atoms with Crippen molar-refractivity contribution in [3.05, 3.63) is 29.8 Å². The lowest BCUT2D eigenvalue weighted by Crippen LogP contribution is -2.21. The van der Waals surface area contributed by atoms with Crippen molar-refractivity contribution in [2.24, 2.45) is 11.8 Å². The fourth-order valence-corrected chi connectivity index (χ4v) is 2.65. The summed E-state index contributed by atoms with van der Waals surface area (Å²) >= 11 is 0. The van der Waals surface area contributed by atoms with E-state index in [1.807, 2.05) is 0 Å². The monoisotopic (exact) mass is 231 g/mol. The molecule has 1 aromatic carbocycles. The van der Waals surface area contributed by atoms with Crippen LogP contribution in [0.3, 0.4) is 0 Å². The van der Waals surface area contributed by atoms with Crippen molar-refractivity contribution in [2.45, 2.75) is 40.0 Å². The second kappa shape index (κ2) is 5.12. The smallest absolute Gasteiger partial charge is 0.0369 e. The first-order valence-electron chi connectivity index (χ1n) is 6.93. The minimum atomic E-state index is 0.624. The Kier molecular flexibility index (Phi) is 3.76. The average molecular weight is 231 g/mol. The van der Waals surface area contributed by atoms with Crippen LogP contribution in [-0.2, 0) is 0 Å². The van der Waals surface area contributed by atoms with E-state index in [1.165, 1.54) is 30.8 Å². The molecule has 94 valence electrons. The standard InChI is InChI=1S/C16H25N/c1-12(2)14-6-5-7-16(10-14)17-9-8-15(11-17)13(3)4/h5-7,10,12-13,15H,8-9,11H2,1-4H3. The predicted octanol–water partition coefficient (Wildman–Crippen LogP) is 4.29. The number of hydrogen-bond acceptors (Lipinski definition) is 1. The first-order valence-corrected chi connectivity index (χ1v) is 6.93. The molecule has 0 amide bonds. The Bertz CT molecular complexity index is 368. The van der Waals surface area contributed by atoms with Gasteiger partial charge in [-0.15, -0.1) is 0 Å². The summed E-state index contributed by atoms with van der Waals surface area (Å²) in [6, 6.07) is 9.07. The van der Waals surface area contributed by atoms with Gasteiger partial charge in [-0.3, -0.25) is 0 Å². The van der Waals surface area contributed by atoms with Gasteiger partial charge in [0.25, 0.3) is 0 Å². The Hall–Kier alpha value is -0.980. The van der Waals surface area contributed by atoms with E-state index in [0.29, 0.717) is 5.92 Å². The zero-order chi connectivity index (χ0) is 12.4. The van der Waals surface area contributed by atoms with Crippen LogP contribution in [0.4, 0.5) is 5.69 Å². The first-order chi connectivity index (χ1) is 8.08. The van der Waals surface area contributed by atoms with E-state index in [-0.39, 0.29) is 0 Å². The number of nitrogens with zero attached hydrogens (tertiary/aromatic N) is 1. The van der Waals surface area contributed by atoms with Crippen molar-refractivity contribution < 1.29 is 0 Å². The molecule has 17 heavy (non-hydrogen) atoms. The molecule has 0 spiro atoms. The van der Waals surface area contributed by atoms with Gasteiger partial charge in [-0.05, 0) is 41.9 Å². The summed E-state index contributed by atoms with van der Waals surface area (Å²) in [6.45, 7) is 11.7. The Morgan fingerprint density at radius 2 is 1.94 bits per heavy atom. The highest BCUT2D eigenvalue weighted by Crippen LogP contribution is 2.29. The lowest BCUT2D eigenvalue weighted by atomic mass is 9.95. The van der Waals surface area contributed by atoms with Crippen LogP contribution in [0.25, 0.3) is 0 Å². The van der Waals surface area contributed by atoms with E-state index in [1.54, 1.807) is 0 Å². The van der Waals surface area contributed by atoms with Crippen molar-refractivity contribution in [1.82, 2.24) is 0 Å². The normalized spacial score (nSPS) is 20.6. The van der Waals surface area contributed by atoms with Gasteiger partial charge in [0.2, 0.25) is 0 Å². The van der Waals surface area contributed by atoms with Crippen LogP contribution in [0.5, 0.6) is 0 Å². The summed E-state index contributed by atoms with van der Waals surface area (Å²) in [5, 5.41) is 0. The Labute approximate surface area is 106 Å². The molecule has 0 radical (unpaired) electrons. The number of anilines is 1. The lowest BCUT2D eigenvalue weighted by Gasteiger charge is -2.21. The number of rotatable bonds is 3. The van der Waals surface area contributed by atoms with Crippen molar-refractivity contribution >= 4 is 5.69 Å². The fourth-order valence-electron chi connectivity index (χ4n) is 2.65. The largest absolute Gasteiger partial charge is 0.371 e. The maximum Gasteiger partial charge on any atom is 0.0369 e. The molecule has 1 aliphatic heterocycles. The lowest BCUT2D eigenvalue weighted by molar-refractivity contribution is 0.423. The van der Waals surface area contributed by atoms with Gasteiger partial charge >= 0.3 is 0 Å². The van der Waals surface area contributed by atoms with E-state index >= 15 is 0 Å². The molecular formula is C16H25N. The molecule has 1 saturated heterocycles. The minimum absolute atomic E-state index is 0.624. The third-order valence-corrected chi connectivity index (χ3v) is 4.07. The van der Waals surface area contributed by atoms with Gasteiger partial charge < -0.3 is 4.90 Å². The maximum atomic E-state index is 2.55. The first kappa shape index (κ1) is 12.5. The molecule has 1 heteroatoms. The van der Waals surface area contributed by atoms with Gasteiger partial charge in [-0.25, -0.2) is 0 Å². The van der Waals surface area contributed by atoms with Crippen LogP contribution in [0.2, 0.25) is 0 Å². The van der Waals surface area contributed by atoms with Crippen molar-refractivity contribution in [1.29, 1.82) is 0 Å². The van der Waals surface area contributed by atoms with Gasteiger partial charge in [0.1, 0.15) is 0 Å². The summed E-state index contributed by atoms with van der Waals surface area (Å²) < 4.78 is 0. The highest BCUT2D eigenvalue weighted by Gasteiger charge is 2.24. The summed E-state index contributed by atoms with van der Waals surface area (Å²) in [5.41, 5.74) is 2.87. The third-order valence-electron chi connectivity index (χ3n) is 4.07. The summed E-state index contributed by atoms with van der Waals surface area (Å²) in [6.07, 6.45) is 1.35. The highest BCUT2D eigenvalue weighted by molar-refractivity contribution is 5.50. The Morgan fingerprint density at radius 3 is 2.53 bits per heavy atom. The van der Waals surface area contributed by atoms with E-state index in [9.17, 15) is 0 Å². The van der Waals surface area contributed by atoms with Gasteiger partial charge in [-0.1, -0.05) is 39.8 Å². The summed E-state index contributed by atoms with van der Waals surface area (Å²) in [4.78, 5) is 2.55. The molecule has 0 bridgehead atoms. The zero-order valence-electron chi connectivity index (χ0n) is 11.6. The molecule has 1 aliphatic rings. The van der Waals surface area contributed by atoms with Gasteiger partial charge in [-0.2, -0.15) is 0 Å². The molecule has 1 aromatic rings. The van der Waals surface area contributed by atoms with Crippen LogP contribution in [-0.4, -0.2) is 13.1 Å². The van der Waals surface area contributed by atoms with Crippen LogP contribution in [0, 0.1) is 11.8 Å². The Morgan fingerprint density at radius 1 is 1.18 bits per heavy atom. The average Bonchev–Trinajstić information content (AvgIpc) is 2.78. The second-order valence-corrected chi connectivity index (χ2v) is 5.99. The quantitative estimate of drug-likeness (QED) is 0.750. The molecule has 1 nitrogen and oxygen atoms in total. The summed E-state index contributed by atoms with van der Waals surface area (Å²) in [7, 11) is 0. The molecule has 2 rings (SSSR count). The minimum Gasteiger partial charge on any atom is -0.371 e. The van der Waals surface area contributed by atoms with Gasteiger partial charge in [0.05, 0.1) is 0 Å². The van der Waals surface area contributed by atoms with Crippen molar-refractivity contribution in [3.8, 4) is 0 Å². The van der Waals surface area contributed by atoms with Crippen LogP contribution in [0.1, 0.15) is 45.6 Å². The SMILES string of the molecule is CC(C)c1cccc(N2CCC(C(C)C)C2)c1. The van der Waals surface area contributed by atoms with E-state index in [0.717, 1.165) is 11.8 Å². The molecule has 0 aliphatic carbocycles. The molecule has 1 atom stereocenters. The number of benzene rings is 1. The highest BCUT2D eigenvalue weighted by atomic mass is 15.1. The van der Waals surface area contributed by atoms with E-state index in [4.69, 9.17) is 0 Å². The summed E-state index contributed by atoms with van der Waals surface area (Å²) in [5.74, 6) is 2.31. The van der Waals surface area contributed by atoms with Gasteiger partial charge in [0.15, 0.2) is 0 Å². The molecule has 0 N–H and O–H groups in total.